The molecular weight excluding hydrogens is 184 g/mol. The Balaban J connectivity index is 2.49. The zero-order valence-corrected chi connectivity index (χ0v) is 8.38. The highest BCUT2D eigenvalue weighted by Gasteiger charge is 2.00. The predicted octanol–water partition coefficient (Wildman–Crippen LogP) is 1.63. The SMILES string of the molecule is CB(O)NCc1ccc(CCl)cc1. The summed E-state index contributed by atoms with van der Waals surface area (Å²) in [6, 6.07) is 8.00. The molecule has 0 aliphatic heterocycles. The molecular formula is C9H13BClNO. The Morgan fingerprint density at radius 2 is 1.85 bits per heavy atom. The van der Waals surface area contributed by atoms with Crippen LogP contribution in [0.3, 0.4) is 0 Å². The van der Waals surface area contributed by atoms with Gasteiger partial charge < -0.3 is 10.3 Å². The van der Waals surface area contributed by atoms with Crippen molar-refractivity contribution in [3.8, 4) is 0 Å². The smallest absolute Gasteiger partial charge is 0.373 e. The maximum absolute atomic E-state index is 8.98. The van der Waals surface area contributed by atoms with Gasteiger partial charge in [0.05, 0.1) is 0 Å². The lowest BCUT2D eigenvalue weighted by molar-refractivity contribution is 0.554. The minimum Gasteiger partial charge on any atom is -0.437 e. The molecule has 2 N–H and O–H groups in total. The van der Waals surface area contributed by atoms with Crippen LogP contribution in [0.4, 0.5) is 0 Å². The minimum absolute atomic E-state index is 0.465. The summed E-state index contributed by atoms with van der Waals surface area (Å²) in [5.41, 5.74) is 2.26. The molecule has 13 heavy (non-hydrogen) atoms. The Hall–Kier alpha value is -0.505. The van der Waals surface area contributed by atoms with E-state index in [4.69, 9.17) is 16.6 Å². The van der Waals surface area contributed by atoms with Crippen molar-refractivity contribution in [2.75, 3.05) is 0 Å². The zero-order chi connectivity index (χ0) is 9.68. The van der Waals surface area contributed by atoms with Gasteiger partial charge in [0, 0.05) is 12.4 Å². The van der Waals surface area contributed by atoms with Gasteiger partial charge in [0.15, 0.2) is 0 Å². The van der Waals surface area contributed by atoms with Gasteiger partial charge in [-0.25, -0.2) is 0 Å². The molecule has 0 aromatic heterocycles. The van der Waals surface area contributed by atoms with Crippen molar-refractivity contribution < 1.29 is 5.02 Å². The summed E-state index contributed by atoms with van der Waals surface area (Å²) in [5, 5.41) is 11.9. The molecule has 0 saturated heterocycles. The normalized spacial score (nSPS) is 10.1. The van der Waals surface area contributed by atoms with Crippen LogP contribution in [-0.4, -0.2) is 12.1 Å². The standard InChI is InChI=1S/C9H13BClNO/c1-10(13)12-7-9-4-2-8(6-11)3-5-9/h2-5,12-13H,6-7H2,1H3. The second kappa shape index (κ2) is 5.27. The molecule has 0 bridgehead atoms. The van der Waals surface area contributed by atoms with Crippen LogP contribution >= 0.6 is 11.6 Å². The summed E-state index contributed by atoms with van der Waals surface area (Å²) in [5.74, 6) is 0.546. The number of nitrogens with one attached hydrogen (secondary N) is 1. The van der Waals surface area contributed by atoms with Crippen molar-refractivity contribution in [1.29, 1.82) is 0 Å². The quantitative estimate of drug-likeness (QED) is 0.568. The van der Waals surface area contributed by atoms with Crippen LogP contribution in [0.2, 0.25) is 6.82 Å². The van der Waals surface area contributed by atoms with Crippen LogP contribution in [0.1, 0.15) is 11.1 Å². The van der Waals surface area contributed by atoms with Gasteiger partial charge in [-0.2, -0.15) is 0 Å². The van der Waals surface area contributed by atoms with Crippen molar-refractivity contribution in [3.63, 3.8) is 0 Å². The molecule has 0 fully saturated rings. The topological polar surface area (TPSA) is 32.3 Å². The molecule has 1 aromatic rings. The van der Waals surface area contributed by atoms with Crippen molar-refractivity contribution >= 4 is 18.7 Å². The van der Waals surface area contributed by atoms with Gasteiger partial charge in [0.25, 0.3) is 0 Å². The van der Waals surface area contributed by atoms with Crippen LogP contribution in [-0.2, 0) is 12.4 Å². The Morgan fingerprint density at radius 3 is 2.31 bits per heavy atom. The third-order valence-corrected chi connectivity index (χ3v) is 2.09. The fourth-order valence-corrected chi connectivity index (χ4v) is 1.19. The van der Waals surface area contributed by atoms with Gasteiger partial charge in [-0.05, 0) is 17.9 Å². The molecule has 0 aliphatic rings. The van der Waals surface area contributed by atoms with Crippen LogP contribution in [0, 0.1) is 0 Å². The van der Waals surface area contributed by atoms with Crippen LogP contribution in [0.25, 0.3) is 0 Å². The molecule has 2 nitrogen and oxygen atoms in total. The Kier molecular flexibility index (Phi) is 4.29. The second-order valence-corrected chi connectivity index (χ2v) is 3.27. The summed E-state index contributed by atoms with van der Waals surface area (Å²) in [6.45, 7) is 2.38. The number of hydrogen-bond donors (Lipinski definition) is 2. The molecule has 0 saturated carbocycles. The van der Waals surface area contributed by atoms with E-state index in [0.717, 1.165) is 11.1 Å². The van der Waals surface area contributed by atoms with E-state index < -0.39 is 7.05 Å². The van der Waals surface area contributed by atoms with Crippen LogP contribution in [0.15, 0.2) is 24.3 Å². The van der Waals surface area contributed by atoms with E-state index in [1.807, 2.05) is 24.3 Å². The minimum atomic E-state index is -0.465. The zero-order valence-electron chi connectivity index (χ0n) is 7.63. The van der Waals surface area contributed by atoms with E-state index in [-0.39, 0.29) is 0 Å². The number of rotatable bonds is 4. The highest BCUT2D eigenvalue weighted by Crippen LogP contribution is 2.06. The largest absolute Gasteiger partial charge is 0.437 e. The first-order chi connectivity index (χ1) is 6.22. The van der Waals surface area contributed by atoms with E-state index in [9.17, 15) is 0 Å². The highest BCUT2D eigenvalue weighted by molar-refractivity contribution is 6.45. The fourth-order valence-electron chi connectivity index (χ4n) is 1.01. The molecule has 0 aliphatic carbocycles. The summed E-state index contributed by atoms with van der Waals surface area (Å²) >= 11 is 5.65. The lowest BCUT2D eigenvalue weighted by Crippen LogP contribution is -2.29. The van der Waals surface area contributed by atoms with E-state index in [0.29, 0.717) is 12.4 Å². The average molecular weight is 197 g/mol. The van der Waals surface area contributed by atoms with Gasteiger partial charge in [-0.3, -0.25) is 0 Å². The monoisotopic (exact) mass is 197 g/mol. The van der Waals surface area contributed by atoms with Crippen molar-refractivity contribution in [2.24, 2.45) is 0 Å². The van der Waals surface area contributed by atoms with Gasteiger partial charge in [-0.1, -0.05) is 24.3 Å². The predicted molar refractivity (Wildman–Crippen MR) is 56.7 cm³/mol. The van der Waals surface area contributed by atoms with E-state index in [1.165, 1.54) is 0 Å². The van der Waals surface area contributed by atoms with Crippen molar-refractivity contribution in [2.45, 2.75) is 19.2 Å². The van der Waals surface area contributed by atoms with Crippen LogP contribution in [0.5, 0.6) is 0 Å². The lowest BCUT2D eigenvalue weighted by atomic mass is 9.88. The molecule has 0 spiro atoms. The molecule has 0 unspecified atom stereocenters. The molecule has 4 heteroatoms. The van der Waals surface area contributed by atoms with E-state index in [2.05, 4.69) is 5.23 Å². The van der Waals surface area contributed by atoms with Crippen LogP contribution < -0.4 is 5.23 Å². The van der Waals surface area contributed by atoms with Crippen molar-refractivity contribution in [3.05, 3.63) is 35.4 Å². The third-order valence-electron chi connectivity index (χ3n) is 1.78. The first kappa shape index (κ1) is 10.6. The Bertz CT molecular complexity index is 250. The summed E-state index contributed by atoms with van der Waals surface area (Å²) in [7, 11) is -0.465. The maximum atomic E-state index is 8.98. The first-order valence-electron chi connectivity index (χ1n) is 4.27. The number of hydrogen-bond acceptors (Lipinski definition) is 2. The summed E-state index contributed by atoms with van der Waals surface area (Å²) in [6.07, 6.45) is 0. The molecule has 0 radical (unpaired) electrons. The second-order valence-electron chi connectivity index (χ2n) is 3.01. The van der Waals surface area contributed by atoms with Gasteiger partial charge in [0.1, 0.15) is 0 Å². The maximum Gasteiger partial charge on any atom is 0.373 e. The van der Waals surface area contributed by atoms with Crippen molar-refractivity contribution in [1.82, 2.24) is 5.23 Å². The number of alkyl halides is 1. The molecule has 0 atom stereocenters. The molecule has 1 rings (SSSR count). The third kappa shape index (κ3) is 3.81. The number of benzene rings is 1. The number of halogens is 1. The van der Waals surface area contributed by atoms with E-state index in [1.54, 1.807) is 6.82 Å². The van der Waals surface area contributed by atoms with Gasteiger partial charge in [-0.15, -0.1) is 11.6 Å². The Labute approximate surface area is 84.1 Å². The molecule has 1 aromatic carbocycles. The Morgan fingerprint density at radius 1 is 1.31 bits per heavy atom. The highest BCUT2D eigenvalue weighted by atomic mass is 35.5. The van der Waals surface area contributed by atoms with E-state index >= 15 is 0 Å². The average Bonchev–Trinajstić information content (AvgIpc) is 2.15. The summed E-state index contributed by atoms with van der Waals surface area (Å²) < 4.78 is 0. The molecule has 0 heterocycles. The lowest BCUT2D eigenvalue weighted by Gasteiger charge is -2.04. The van der Waals surface area contributed by atoms with Gasteiger partial charge in [0.2, 0.25) is 0 Å². The molecule has 0 amide bonds. The molecule has 70 valence electrons. The summed E-state index contributed by atoms with van der Waals surface area (Å²) in [4.78, 5) is 0. The fraction of sp³-hybridized carbons (Fsp3) is 0.333. The first-order valence-corrected chi connectivity index (χ1v) is 4.81. The van der Waals surface area contributed by atoms with Gasteiger partial charge >= 0.3 is 7.05 Å².